The summed E-state index contributed by atoms with van der Waals surface area (Å²) < 4.78 is 16.2. The van der Waals surface area contributed by atoms with E-state index in [1.807, 2.05) is 39.4 Å². The van der Waals surface area contributed by atoms with Gasteiger partial charge in [-0.3, -0.25) is 4.52 Å². The highest BCUT2D eigenvalue weighted by atomic mass is 31.2. The first-order valence-corrected chi connectivity index (χ1v) is 8.87. The maximum atomic E-state index is 10.9. The van der Waals surface area contributed by atoms with Gasteiger partial charge in [0.2, 0.25) is 0 Å². The van der Waals surface area contributed by atoms with E-state index >= 15 is 0 Å². The third-order valence-electron chi connectivity index (χ3n) is 3.75. The summed E-state index contributed by atoms with van der Waals surface area (Å²) in [5.74, 6) is 0. The van der Waals surface area contributed by atoms with Gasteiger partial charge in [-0.05, 0) is 24.0 Å². The lowest BCUT2D eigenvalue weighted by atomic mass is 10.0. The Balaban J connectivity index is 2.52. The maximum absolute atomic E-state index is 10.9. The van der Waals surface area contributed by atoms with Crippen molar-refractivity contribution in [2.24, 2.45) is 0 Å². The molecule has 124 valence electrons. The molecule has 0 aliphatic heterocycles. The molecule has 0 fully saturated rings. The van der Waals surface area contributed by atoms with Crippen molar-refractivity contribution >= 4 is 13.9 Å². The number of nitrogens with zero attached hydrogens (tertiary/aromatic N) is 1. The Bertz CT molecular complexity index is 516. The van der Waals surface area contributed by atoms with Gasteiger partial charge in [-0.1, -0.05) is 36.9 Å². The van der Waals surface area contributed by atoms with Crippen molar-refractivity contribution in [1.29, 1.82) is 0 Å². The number of aryl methyl sites for hydroxylation is 1. The molecule has 0 aliphatic rings. The van der Waals surface area contributed by atoms with Gasteiger partial charge in [-0.15, -0.1) is 0 Å². The summed E-state index contributed by atoms with van der Waals surface area (Å²) in [7, 11) is 1.61. The molecule has 1 aromatic rings. The zero-order valence-electron chi connectivity index (χ0n) is 13.6. The maximum Gasteiger partial charge on any atom is 0.469 e. The molecule has 1 aromatic carbocycles. The molecule has 0 saturated heterocycles. The fraction of sp³-hybridized carbons (Fsp3) is 0.500. The first kappa shape index (κ1) is 19.1. The molecule has 0 amide bonds. The van der Waals surface area contributed by atoms with E-state index in [1.54, 1.807) is 0 Å². The number of hydrogen-bond acceptors (Lipinski definition) is 2. The van der Waals surface area contributed by atoms with E-state index in [9.17, 15) is 4.57 Å². The van der Waals surface area contributed by atoms with Crippen LogP contribution in [-0.4, -0.2) is 48.1 Å². The van der Waals surface area contributed by atoms with E-state index in [0.29, 0.717) is 4.48 Å². The van der Waals surface area contributed by atoms with Gasteiger partial charge in [0.15, 0.2) is 0 Å². The third-order valence-corrected chi connectivity index (χ3v) is 4.23. The van der Waals surface area contributed by atoms with Crippen LogP contribution >= 0.6 is 7.82 Å². The van der Waals surface area contributed by atoms with Gasteiger partial charge >= 0.3 is 7.82 Å². The van der Waals surface area contributed by atoms with Crippen molar-refractivity contribution in [3.63, 3.8) is 0 Å². The van der Waals surface area contributed by atoms with Crippen LogP contribution < -0.4 is 0 Å². The minimum absolute atomic E-state index is 0.0417. The number of quaternary nitrogens is 1. The highest BCUT2D eigenvalue weighted by Crippen LogP contribution is 2.36. The Hall–Kier alpha value is -0.970. The molecule has 1 atom stereocenters. The predicted octanol–water partition coefficient (Wildman–Crippen LogP) is 2.84. The Morgan fingerprint density at radius 1 is 1.27 bits per heavy atom. The molecule has 0 aromatic heterocycles. The minimum atomic E-state index is -4.41. The average Bonchev–Trinajstić information content (AvgIpc) is 2.40. The predicted molar refractivity (Wildman–Crippen MR) is 89.3 cm³/mol. The van der Waals surface area contributed by atoms with Gasteiger partial charge in [-0.2, -0.15) is 0 Å². The van der Waals surface area contributed by atoms with Crippen molar-refractivity contribution in [3.05, 3.63) is 42.0 Å². The normalized spacial score (nSPS) is 13.9. The summed E-state index contributed by atoms with van der Waals surface area (Å²) in [6, 6.07) is 8.29. The van der Waals surface area contributed by atoms with Crippen molar-refractivity contribution in [2.75, 3.05) is 27.7 Å². The number of benzene rings is 1. The fourth-order valence-electron chi connectivity index (χ4n) is 2.24. The SMILES string of the molecule is C=Cc1ccc(CCCC(COP(=O)(O)O)[N+](C)(C)C)cc1. The molecule has 2 N–H and O–H groups in total. The second-order valence-electron chi connectivity index (χ2n) is 6.39. The topological polar surface area (TPSA) is 66.8 Å². The van der Waals surface area contributed by atoms with Crippen LogP contribution in [0.3, 0.4) is 0 Å². The molecular weight excluding hydrogens is 301 g/mol. The van der Waals surface area contributed by atoms with Crippen LogP contribution in [0.1, 0.15) is 24.0 Å². The molecule has 1 rings (SSSR count). The second-order valence-corrected chi connectivity index (χ2v) is 7.63. The van der Waals surface area contributed by atoms with Gasteiger partial charge in [0.05, 0.1) is 21.1 Å². The molecular formula is C16H27NO4P+. The van der Waals surface area contributed by atoms with Gasteiger partial charge in [0.1, 0.15) is 12.6 Å². The number of likely N-dealkylation sites (N-methyl/N-ethyl adjacent to an activating group) is 1. The number of phosphoric acid groups is 1. The van der Waals surface area contributed by atoms with Gasteiger partial charge in [0.25, 0.3) is 0 Å². The van der Waals surface area contributed by atoms with Crippen LogP contribution in [0.15, 0.2) is 30.8 Å². The zero-order chi connectivity index (χ0) is 16.8. The Kier molecular flexibility index (Phi) is 6.98. The van der Waals surface area contributed by atoms with Crippen molar-refractivity contribution in [2.45, 2.75) is 25.3 Å². The summed E-state index contributed by atoms with van der Waals surface area (Å²) in [4.78, 5) is 17.7. The standard InChI is InChI=1S/C16H26NO4P/c1-5-14-9-11-15(12-10-14)7-6-8-16(17(2,3)4)13-21-22(18,19)20/h5,9-12,16H,1,6-8,13H2,2-4H3,(H-,18,19,20)/p+1. The smallest absolute Gasteiger partial charge is 0.327 e. The molecule has 0 bridgehead atoms. The summed E-state index contributed by atoms with van der Waals surface area (Å²) in [6.45, 7) is 3.79. The lowest BCUT2D eigenvalue weighted by molar-refractivity contribution is -0.896. The summed E-state index contributed by atoms with van der Waals surface area (Å²) in [5.41, 5.74) is 2.35. The molecule has 0 spiro atoms. The van der Waals surface area contributed by atoms with Crippen LogP contribution in [-0.2, 0) is 15.5 Å². The molecule has 6 heteroatoms. The first-order chi connectivity index (χ1) is 10.1. The van der Waals surface area contributed by atoms with E-state index in [4.69, 9.17) is 14.3 Å². The highest BCUT2D eigenvalue weighted by Gasteiger charge is 2.27. The van der Waals surface area contributed by atoms with Crippen molar-refractivity contribution < 1.29 is 23.4 Å². The highest BCUT2D eigenvalue weighted by molar-refractivity contribution is 7.46. The van der Waals surface area contributed by atoms with E-state index in [1.165, 1.54) is 5.56 Å². The monoisotopic (exact) mass is 328 g/mol. The Morgan fingerprint density at radius 3 is 2.32 bits per heavy atom. The summed E-state index contributed by atoms with van der Waals surface area (Å²) in [6.07, 6.45) is 4.53. The lowest BCUT2D eigenvalue weighted by Crippen LogP contribution is -2.47. The van der Waals surface area contributed by atoms with E-state index in [0.717, 1.165) is 24.8 Å². The molecule has 1 unspecified atom stereocenters. The largest absolute Gasteiger partial charge is 0.469 e. The molecule has 5 nitrogen and oxygen atoms in total. The van der Waals surface area contributed by atoms with Crippen LogP contribution in [0.4, 0.5) is 0 Å². The molecule has 22 heavy (non-hydrogen) atoms. The van der Waals surface area contributed by atoms with Crippen LogP contribution in [0.5, 0.6) is 0 Å². The number of rotatable bonds is 9. The molecule has 0 radical (unpaired) electrons. The molecule has 0 saturated carbocycles. The third kappa shape index (κ3) is 7.34. The van der Waals surface area contributed by atoms with Crippen LogP contribution in [0, 0.1) is 0 Å². The fourth-order valence-corrected chi connectivity index (χ4v) is 2.61. The lowest BCUT2D eigenvalue weighted by Gasteiger charge is -2.34. The average molecular weight is 328 g/mol. The van der Waals surface area contributed by atoms with Gasteiger partial charge in [0, 0.05) is 6.42 Å². The second kappa shape index (κ2) is 8.04. The van der Waals surface area contributed by atoms with Crippen LogP contribution in [0.2, 0.25) is 0 Å². The van der Waals surface area contributed by atoms with E-state index in [2.05, 4.69) is 18.7 Å². The molecule has 0 aliphatic carbocycles. The van der Waals surface area contributed by atoms with Crippen molar-refractivity contribution in [1.82, 2.24) is 0 Å². The number of hydrogen-bond donors (Lipinski definition) is 2. The Morgan fingerprint density at radius 2 is 1.86 bits per heavy atom. The van der Waals surface area contributed by atoms with Gasteiger partial charge < -0.3 is 14.3 Å². The van der Waals surface area contributed by atoms with Crippen LogP contribution in [0.25, 0.3) is 6.08 Å². The quantitative estimate of drug-likeness (QED) is 0.540. The van der Waals surface area contributed by atoms with Gasteiger partial charge in [-0.25, -0.2) is 4.57 Å². The number of phosphoric ester groups is 1. The van der Waals surface area contributed by atoms with E-state index < -0.39 is 7.82 Å². The summed E-state index contributed by atoms with van der Waals surface area (Å²) in [5, 5.41) is 0. The first-order valence-electron chi connectivity index (χ1n) is 7.34. The zero-order valence-corrected chi connectivity index (χ0v) is 14.5. The minimum Gasteiger partial charge on any atom is -0.327 e. The van der Waals surface area contributed by atoms with Crippen molar-refractivity contribution in [3.8, 4) is 0 Å². The molecule has 0 heterocycles. The Labute approximate surface area is 133 Å². The van der Waals surface area contributed by atoms with E-state index in [-0.39, 0.29) is 12.6 Å². The summed E-state index contributed by atoms with van der Waals surface area (Å²) >= 11 is 0.